The molecule has 2 heterocycles. The lowest BCUT2D eigenvalue weighted by molar-refractivity contribution is 0.251. The molecule has 2 amide bonds. The molecule has 0 saturated carbocycles. The van der Waals surface area contributed by atoms with Crippen LogP contribution in [0.3, 0.4) is 0 Å². The third-order valence-electron chi connectivity index (χ3n) is 3.73. The van der Waals surface area contributed by atoms with Gasteiger partial charge >= 0.3 is 6.03 Å². The number of nitrogens with zero attached hydrogens (tertiary/aromatic N) is 2. The van der Waals surface area contributed by atoms with Gasteiger partial charge in [-0.3, -0.25) is 5.32 Å². The molecule has 0 bridgehead atoms. The van der Waals surface area contributed by atoms with Gasteiger partial charge in [0.15, 0.2) is 20.7 Å². The van der Waals surface area contributed by atoms with E-state index in [0.29, 0.717) is 17.0 Å². The molecule has 0 fully saturated rings. The number of benzene rings is 1. The molecule has 0 spiro atoms. The third-order valence-corrected chi connectivity index (χ3v) is 6.42. The summed E-state index contributed by atoms with van der Waals surface area (Å²) in [6.07, 6.45) is 0. The van der Waals surface area contributed by atoms with Crippen LogP contribution in [0, 0.1) is 19.7 Å². The second kappa shape index (κ2) is 8.07. The van der Waals surface area contributed by atoms with Crippen molar-refractivity contribution in [1.82, 2.24) is 15.5 Å². The Bertz CT molecular complexity index is 1090. The fourth-order valence-electron chi connectivity index (χ4n) is 2.59. The predicted octanol–water partition coefficient (Wildman–Crippen LogP) is 3.18. The van der Waals surface area contributed by atoms with Gasteiger partial charge in [-0.15, -0.1) is 11.3 Å². The molecule has 0 unspecified atom stereocenters. The molecule has 0 radical (unpaired) electrons. The SMILES string of the molecule is Cc1noc(C)c1S(=O)(=O)Cc1csc(NC(=O)NCc2cccc(F)c2)n1. The highest BCUT2D eigenvalue weighted by molar-refractivity contribution is 7.90. The number of sulfone groups is 1. The summed E-state index contributed by atoms with van der Waals surface area (Å²) < 4.78 is 43.2. The molecule has 0 atom stereocenters. The maximum Gasteiger partial charge on any atom is 0.321 e. The molecular weight excluding hydrogens is 407 g/mol. The standard InChI is InChI=1S/C17H17FN4O4S2/c1-10-15(11(2)26-22-10)28(24,25)9-14-8-27-17(20-14)21-16(23)19-7-12-4-3-5-13(18)6-12/h3-6,8H,7,9H2,1-2H3,(H2,19,20,21,23). The summed E-state index contributed by atoms with van der Waals surface area (Å²) in [7, 11) is -3.67. The summed E-state index contributed by atoms with van der Waals surface area (Å²) in [4.78, 5) is 16.1. The number of hydrogen-bond donors (Lipinski definition) is 2. The first-order valence-corrected chi connectivity index (χ1v) is 10.7. The number of aryl methyl sites for hydroxylation is 2. The van der Waals surface area contributed by atoms with Crippen LogP contribution in [0.4, 0.5) is 14.3 Å². The highest BCUT2D eigenvalue weighted by Gasteiger charge is 2.25. The van der Waals surface area contributed by atoms with Crippen LogP contribution in [0.1, 0.15) is 22.7 Å². The van der Waals surface area contributed by atoms with Gasteiger partial charge in [-0.1, -0.05) is 17.3 Å². The number of hydrogen-bond acceptors (Lipinski definition) is 7. The summed E-state index contributed by atoms with van der Waals surface area (Å²) in [6, 6.07) is 5.35. The van der Waals surface area contributed by atoms with Gasteiger partial charge in [-0.25, -0.2) is 22.6 Å². The van der Waals surface area contributed by atoms with Crippen molar-refractivity contribution in [3.05, 3.63) is 58.2 Å². The fourth-order valence-corrected chi connectivity index (χ4v) is 5.04. The molecular formula is C17H17FN4O4S2. The van der Waals surface area contributed by atoms with E-state index in [1.807, 2.05) is 0 Å². The van der Waals surface area contributed by atoms with E-state index in [1.165, 1.54) is 19.1 Å². The first-order chi connectivity index (χ1) is 13.2. The Kier molecular flexibility index (Phi) is 5.75. The van der Waals surface area contributed by atoms with Gasteiger partial charge in [0.2, 0.25) is 0 Å². The number of halogens is 1. The van der Waals surface area contributed by atoms with Crippen molar-refractivity contribution < 1.29 is 22.1 Å². The van der Waals surface area contributed by atoms with Crippen molar-refractivity contribution >= 4 is 32.3 Å². The summed E-state index contributed by atoms with van der Waals surface area (Å²) in [5.74, 6) is -0.495. The number of rotatable bonds is 6. The predicted molar refractivity (Wildman–Crippen MR) is 101 cm³/mol. The average Bonchev–Trinajstić information content (AvgIpc) is 3.18. The third kappa shape index (κ3) is 4.73. The average molecular weight is 424 g/mol. The van der Waals surface area contributed by atoms with Crippen LogP contribution < -0.4 is 10.6 Å². The number of urea groups is 1. The number of carbonyl (C=O) groups excluding carboxylic acids is 1. The Balaban J connectivity index is 1.60. The largest absolute Gasteiger partial charge is 0.360 e. The molecule has 0 saturated heterocycles. The summed E-state index contributed by atoms with van der Waals surface area (Å²) >= 11 is 1.10. The Labute approximate surface area is 164 Å². The van der Waals surface area contributed by atoms with E-state index < -0.39 is 15.9 Å². The summed E-state index contributed by atoms with van der Waals surface area (Å²) in [6.45, 7) is 3.23. The van der Waals surface area contributed by atoms with Crippen molar-refractivity contribution in [1.29, 1.82) is 0 Å². The van der Waals surface area contributed by atoms with Gasteiger partial charge < -0.3 is 9.84 Å². The number of thiazole rings is 1. The maximum absolute atomic E-state index is 13.1. The van der Waals surface area contributed by atoms with Crippen LogP contribution in [0.15, 0.2) is 39.1 Å². The second-order valence-electron chi connectivity index (χ2n) is 5.99. The highest BCUT2D eigenvalue weighted by Crippen LogP contribution is 2.25. The zero-order chi connectivity index (χ0) is 20.3. The van der Waals surface area contributed by atoms with Crippen molar-refractivity contribution in [2.45, 2.75) is 31.0 Å². The molecule has 0 aliphatic heterocycles. The first-order valence-electron chi connectivity index (χ1n) is 8.14. The number of nitrogens with one attached hydrogen (secondary N) is 2. The number of aromatic nitrogens is 2. The lowest BCUT2D eigenvalue weighted by Gasteiger charge is -2.05. The van der Waals surface area contributed by atoms with Crippen molar-refractivity contribution in [3.8, 4) is 0 Å². The van der Waals surface area contributed by atoms with E-state index in [1.54, 1.807) is 24.4 Å². The molecule has 3 rings (SSSR count). The van der Waals surface area contributed by atoms with E-state index in [-0.39, 0.29) is 33.9 Å². The molecule has 0 aliphatic carbocycles. The van der Waals surface area contributed by atoms with Gasteiger partial charge in [-0.2, -0.15) is 0 Å². The molecule has 11 heteroatoms. The molecule has 1 aromatic carbocycles. The van der Waals surface area contributed by atoms with Crippen LogP contribution in [0.5, 0.6) is 0 Å². The molecule has 148 valence electrons. The van der Waals surface area contributed by atoms with Crippen LogP contribution in [0.25, 0.3) is 0 Å². The molecule has 3 aromatic rings. The summed E-state index contributed by atoms with van der Waals surface area (Å²) in [5.41, 5.74) is 1.20. The quantitative estimate of drug-likeness (QED) is 0.628. The fraction of sp³-hybridized carbons (Fsp3) is 0.235. The molecule has 8 nitrogen and oxygen atoms in total. The molecule has 2 aromatic heterocycles. The topological polar surface area (TPSA) is 114 Å². The van der Waals surface area contributed by atoms with Crippen LogP contribution in [-0.4, -0.2) is 24.6 Å². The molecule has 28 heavy (non-hydrogen) atoms. The van der Waals surface area contributed by atoms with E-state index in [0.717, 1.165) is 11.3 Å². The van der Waals surface area contributed by atoms with E-state index in [9.17, 15) is 17.6 Å². The minimum atomic E-state index is -3.67. The van der Waals surface area contributed by atoms with Crippen molar-refractivity contribution in [3.63, 3.8) is 0 Å². The number of carbonyl (C=O) groups is 1. The number of amides is 2. The second-order valence-corrected chi connectivity index (χ2v) is 8.78. The first kappa shape index (κ1) is 20.0. The van der Waals surface area contributed by atoms with Gasteiger partial charge in [0.05, 0.1) is 17.1 Å². The zero-order valence-electron chi connectivity index (χ0n) is 15.0. The van der Waals surface area contributed by atoms with Crippen LogP contribution in [-0.2, 0) is 22.1 Å². The minimum absolute atomic E-state index is 0.0582. The Hall–Kier alpha value is -2.79. The van der Waals surface area contributed by atoms with Crippen LogP contribution >= 0.6 is 11.3 Å². The minimum Gasteiger partial charge on any atom is -0.360 e. The summed E-state index contributed by atoms with van der Waals surface area (Å²) in [5, 5.41) is 10.6. The zero-order valence-corrected chi connectivity index (χ0v) is 16.7. The van der Waals surface area contributed by atoms with Crippen molar-refractivity contribution in [2.24, 2.45) is 0 Å². The van der Waals surface area contributed by atoms with Gasteiger partial charge in [0, 0.05) is 11.9 Å². The smallest absolute Gasteiger partial charge is 0.321 e. The van der Waals surface area contributed by atoms with E-state index >= 15 is 0 Å². The van der Waals surface area contributed by atoms with Gasteiger partial charge in [0.25, 0.3) is 0 Å². The normalized spacial score (nSPS) is 11.4. The lowest BCUT2D eigenvalue weighted by Crippen LogP contribution is -2.28. The lowest BCUT2D eigenvalue weighted by atomic mass is 10.2. The Morgan fingerprint density at radius 1 is 1.32 bits per heavy atom. The molecule has 0 aliphatic rings. The van der Waals surface area contributed by atoms with Gasteiger partial charge in [0.1, 0.15) is 10.7 Å². The van der Waals surface area contributed by atoms with Gasteiger partial charge in [-0.05, 0) is 31.5 Å². The Morgan fingerprint density at radius 2 is 2.11 bits per heavy atom. The van der Waals surface area contributed by atoms with Crippen LogP contribution in [0.2, 0.25) is 0 Å². The maximum atomic E-state index is 13.1. The monoisotopic (exact) mass is 424 g/mol. The highest BCUT2D eigenvalue weighted by atomic mass is 32.2. The molecule has 2 N–H and O–H groups in total. The van der Waals surface area contributed by atoms with Crippen molar-refractivity contribution in [2.75, 3.05) is 5.32 Å². The Morgan fingerprint density at radius 3 is 2.79 bits per heavy atom. The van der Waals surface area contributed by atoms with E-state index in [2.05, 4.69) is 20.8 Å². The number of anilines is 1. The van der Waals surface area contributed by atoms with E-state index in [4.69, 9.17) is 4.52 Å².